The fourth-order valence-electron chi connectivity index (χ4n) is 1.50. The topological polar surface area (TPSA) is 84.4 Å². The van der Waals surface area contributed by atoms with Crippen LogP contribution in [-0.2, 0) is 0 Å². The maximum Gasteiger partial charge on any atom is 0.220 e. The molecule has 0 amide bonds. The second-order valence-corrected chi connectivity index (χ2v) is 3.64. The van der Waals surface area contributed by atoms with E-state index in [1.54, 1.807) is 18.2 Å². The molecule has 1 aromatic carbocycles. The van der Waals surface area contributed by atoms with Crippen LogP contribution in [0, 0.1) is 0 Å². The molecule has 0 saturated carbocycles. The van der Waals surface area contributed by atoms with Crippen LogP contribution in [0.1, 0.15) is 10.4 Å². The zero-order chi connectivity index (χ0) is 13.8. The van der Waals surface area contributed by atoms with Crippen molar-refractivity contribution in [2.75, 3.05) is 14.2 Å². The van der Waals surface area contributed by atoms with Crippen LogP contribution in [0.5, 0.6) is 11.8 Å². The summed E-state index contributed by atoms with van der Waals surface area (Å²) in [5.74, 6) is -0.103. The smallest absolute Gasteiger partial charge is 0.220 e. The second-order valence-electron chi connectivity index (χ2n) is 3.64. The average molecular weight is 259 g/mol. The Morgan fingerprint density at radius 2 is 1.58 bits per heavy atom. The van der Waals surface area contributed by atoms with Crippen LogP contribution < -0.4 is 14.6 Å². The molecule has 19 heavy (non-hydrogen) atoms. The van der Waals surface area contributed by atoms with E-state index in [4.69, 9.17) is 9.47 Å². The molecule has 0 fully saturated rings. The summed E-state index contributed by atoms with van der Waals surface area (Å²) in [7, 11) is 2.98. The first-order valence-electron chi connectivity index (χ1n) is 5.43. The van der Waals surface area contributed by atoms with E-state index in [2.05, 4.69) is 9.97 Å². The van der Waals surface area contributed by atoms with Crippen LogP contribution >= 0.6 is 0 Å². The molecule has 0 spiro atoms. The number of hydrogen-bond acceptors (Lipinski definition) is 6. The summed E-state index contributed by atoms with van der Waals surface area (Å²) >= 11 is 0. The predicted molar refractivity (Wildman–Crippen MR) is 64.9 cm³/mol. The summed E-state index contributed by atoms with van der Waals surface area (Å²) in [6.45, 7) is 0. The molecule has 6 nitrogen and oxygen atoms in total. The Morgan fingerprint density at radius 3 is 2.00 bits per heavy atom. The number of benzene rings is 1. The van der Waals surface area contributed by atoms with E-state index in [-0.39, 0.29) is 5.56 Å². The van der Waals surface area contributed by atoms with Crippen molar-refractivity contribution in [2.24, 2.45) is 0 Å². The maximum atomic E-state index is 10.7. The van der Waals surface area contributed by atoms with Gasteiger partial charge in [-0.2, -0.15) is 9.97 Å². The molecular weight excluding hydrogens is 248 g/mol. The van der Waals surface area contributed by atoms with Gasteiger partial charge < -0.3 is 19.4 Å². The minimum absolute atomic E-state index is 0.0959. The molecule has 2 rings (SSSR count). The highest BCUT2D eigenvalue weighted by atomic mass is 16.5. The molecule has 1 aromatic heterocycles. The molecule has 0 radical (unpaired) electrons. The highest BCUT2D eigenvalue weighted by Crippen LogP contribution is 2.22. The van der Waals surface area contributed by atoms with Gasteiger partial charge in [-0.15, -0.1) is 0 Å². The van der Waals surface area contributed by atoms with Gasteiger partial charge in [0.2, 0.25) is 11.8 Å². The van der Waals surface area contributed by atoms with Crippen molar-refractivity contribution in [3.05, 3.63) is 35.9 Å². The lowest BCUT2D eigenvalue weighted by Gasteiger charge is -2.07. The zero-order valence-electron chi connectivity index (χ0n) is 10.4. The molecule has 0 N–H and O–H groups in total. The third-order valence-corrected chi connectivity index (χ3v) is 2.48. The molecule has 0 unspecified atom stereocenters. The number of carboxylic acid groups (broad SMARTS) is 1. The summed E-state index contributed by atoms with van der Waals surface area (Å²) in [4.78, 5) is 19.0. The lowest BCUT2D eigenvalue weighted by atomic mass is 10.1. The van der Waals surface area contributed by atoms with Crippen LogP contribution in [-0.4, -0.2) is 30.2 Å². The molecule has 0 aliphatic heterocycles. The first-order valence-corrected chi connectivity index (χ1v) is 5.43. The van der Waals surface area contributed by atoms with Gasteiger partial charge in [0.25, 0.3) is 0 Å². The maximum absolute atomic E-state index is 10.7. The fourth-order valence-corrected chi connectivity index (χ4v) is 1.50. The number of carboxylic acids is 1. The number of carbonyl (C=O) groups excluding carboxylic acids is 1. The minimum atomic E-state index is -1.23. The van der Waals surface area contributed by atoms with Crippen LogP contribution in [0.3, 0.4) is 0 Å². The van der Waals surface area contributed by atoms with Crippen LogP contribution in [0.4, 0.5) is 0 Å². The fraction of sp³-hybridized carbons (Fsp3) is 0.154. The van der Waals surface area contributed by atoms with Gasteiger partial charge in [0, 0.05) is 5.56 Å². The van der Waals surface area contributed by atoms with Gasteiger partial charge in [-0.05, 0) is 5.56 Å². The van der Waals surface area contributed by atoms with Gasteiger partial charge >= 0.3 is 0 Å². The van der Waals surface area contributed by atoms with E-state index in [1.807, 2.05) is 0 Å². The Balaban J connectivity index is 2.42. The largest absolute Gasteiger partial charge is 0.545 e. The third-order valence-electron chi connectivity index (χ3n) is 2.48. The number of carbonyl (C=O) groups is 1. The van der Waals surface area contributed by atoms with Crippen molar-refractivity contribution in [3.63, 3.8) is 0 Å². The Morgan fingerprint density at radius 1 is 1.05 bits per heavy atom. The lowest BCUT2D eigenvalue weighted by Crippen LogP contribution is -2.21. The zero-order valence-corrected chi connectivity index (χ0v) is 10.4. The molecule has 2 aromatic rings. The SMILES string of the molecule is COc1cc(OC)nc(-c2ccc(C(=O)[O-])cc2)n1. The number of nitrogens with zero attached hydrogens (tertiary/aromatic N) is 2. The van der Waals surface area contributed by atoms with E-state index in [1.165, 1.54) is 26.4 Å². The van der Waals surface area contributed by atoms with Crippen LogP contribution in [0.25, 0.3) is 11.4 Å². The highest BCUT2D eigenvalue weighted by Gasteiger charge is 2.07. The number of hydrogen-bond donors (Lipinski definition) is 0. The third kappa shape index (κ3) is 2.79. The van der Waals surface area contributed by atoms with Crippen molar-refractivity contribution in [1.29, 1.82) is 0 Å². The Kier molecular flexibility index (Phi) is 3.61. The van der Waals surface area contributed by atoms with Gasteiger partial charge in [-0.25, -0.2) is 0 Å². The quantitative estimate of drug-likeness (QED) is 0.796. The monoisotopic (exact) mass is 259 g/mol. The van der Waals surface area contributed by atoms with Crippen LogP contribution in [0.15, 0.2) is 30.3 Å². The molecule has 98 valence electrons. The molecule has 1 heterocycles. The molecule has 0 aliphatic carbocycles. The Labute approximate surface area is 109 Å². The van der Waals surface area contributed by atoms with E-state index in [9.17, 15) is 9.90 Å². The van der Waals surface area contributed by atoms with E-state index in [0.717, 1.165) is 0 Å². The number of aromatic nitrogens is 2. The number of rotatable bonds is 4. The van der Waals surface area contributed by atoms with Gasteiger partial charge in [-0.1, -0.05) is 24.3 Å². The molecular formula is C13H11N2O4-. The van der Waals surface area contributed by atoms with Gasteiger partial charge in [0.1, 0.15) is 0 Å². The molecule has 0 aliphatic rings. The average Bonchev–Trinajstić information content (AvgIpc) is 2.46. The van der Waals surface area contributed by atoms with Gasteiger partial charge in [0.05, 0.1) is 26.3 Å². The minimum Gasteiger partial charge on any atom is -0.545 e. The van der Waals surface area contributed by atoms with Crippen molar-refractivity contribution in [1.82, 2.24) is 9.97 Å². The normalized spacial score (nSPS) is 10.0. The molecule has 0 saturated heterocycles. The molecule has 0 bridgehead atoms. The van der Waals surface area contributed by atoms with E-state index >= 15 is 0 Å². The van der Waals surface area contributed by atoms with Crippen molar-refractivity contribution in [3.8, 4) is 23.1 Å². The first kappa shape index (κ1) is 12.8. The lowest BCUT2D eigenvalue weighted by molar-refractivity contribution is -0.255. The summed E-state index contributed by atoms with van der Waals surface area (Å²) in [5.41, 5.74) is 0.751. The first-order chi connectivity index (χ1) is 9.13. The summed E-state index contributed by atoms with van der Waals surface area (Å²) in [5, 5.41) is 10.7. The predicted octanol–water partition coefficient (Wildman–Crippen LogP) is 0.524. The molecule has 6 heteroatoms. The second kappa shape index (κ2) is 5.34. The van der Waals surface area contributed by atoms with E-state index < -0.39 is 5.97 Å². The number of methoxy groups -OCH3 is 2. The number of aromatic carboxylic acids is 1. The van der Waals surface area contributed by atoms with Crippen molar-refractivity contribution < 1.29 is 19.4 Å². The highest BCUT2D eigenvalue weighted by molar-refractivity contribution is 5.86. The Hall–Kier alpha value is -2.63. The standard InChI is InChI=1S/C13H12N2O4/c1-18-10-7-11(19-2)15-12(14-10)8-3-5-9(6-4-8)13(16)17/h3-7H,1-2H3,(H,16,17)/p-1. The van der Waals surface area contributed by atoms with Crippen molar-refractivity contribution in [2.45, 2.75) is 0 Å². The number of ether oxygens (including phenoxy) is 2. The van der Waals surface area contributed by atoms with E-state index in [0.29, 0.717) is 23.1 Å². The van der Waals surface area contributed by atoms with Gasteiger partial charge in [0.15, 0.2) is 5.82 Å². The van der Waals surface area contributed by atoms with Gasteiger partial charge in [-0.3, -0.25) is 0 Å². The Bertz CT molecular complexity index is 574. The van der Waals surface area contributed by atoms with Crippen molar-refractivity contribution >= 4 is 5.97 Å². The molecule has 0 atom stereocenters. The summed E-state index contributed by atoms with van der Waals surface area (Å²) in [6, 6.07) is 7.61. The summed E-state index contributed by atoms with van der Waals surface area (Å²) < 4.78 is 10.1. The summed E-state index contributed by atoms with van der Waals surface area (Å²) in [6.07, 6.45) is 0. The van der Waals surface area contributed by atoms with Crippen LogP contribution in [0.2, 0.25) is 0 Å².